The van der Waals surface area contributed by atoms with Gasteiger partial charge >= 0.3 is 0 Å². The van der Waals surface area contributed by atoms with Gasteiger partial charge in [-0.25, -0.2) is 0 Å². The van der Waals surface area contributed by atoms with Crippen LogP contribution in [0.4, 0.5) is 5.69 Å². The predicted octanol–water partition coefficient (Wildman–Crippen LogP) is 6.54. The van der Waals surface area contributed by atoms with Gasteiger partial charge in [0, 0.05) is 47.1 Å². The van der Waals surface area contributed by atoms with Gasteiger partial charge in [0.1, 0.15) is 18.1 Å². The van der Waals surface area contributed by atoms with Crippen molar-refractivity contribution in [1.29, 1.82) is 0 Å². The molecule has 53 heavy (non-hydrogen) atoms. The molecule has 0 radical (unpaired) electrons. The summed E-state index contributed by atoms with van der Waals surface area (Å²) in [5, 5.41) is 15.8. The maximum atomic E-state index is 6.48. The third-order valence-electron chi connectivity index (χ3n) is 10.2. The molecule has 12 heteroatoms. The lowest BCUT2D eigenvalue weighted by molar-refractivity contribution is -0.000316. The minimum atomic E-state index is -0.240. The number of aromatic nitrogens is 4. The van der Waals surface area contributed by atoms with E-state index < -0.39 is 0 Å². The second-order valence-corrected chi connectivity index (χ2v) is 14.2. The van der Waals surface area contributed by atoms with Gasteiger partial charge in [0.05, 0.1) is 11.8 Å². The summed E-state index contributed by atoms with van der Waals surface area (Å²) in [7, 11) is 0. The molecular weight excluding hydrogens is 669 g/mol. The predicted molar refractivity (Wildman–Crippen MR) is 203 cm³/mol. The summed E-state index contributed by atoms with van der Waals surface area (Å²) < 4.78 is 23.4. The summed E-state index contributed by atoms with van der Waals surface area (Å²) in [6.07, 6.45) is 9.39. The summed E-state index contributed by atoms with van der Waals surface area (Å²) in [4.78, 5) is 9.45. The molecule has 2 heterocycles. The Morgan fingerprint density at radius 2 is 1.64 bits per heavy atom. The third-order valence-corrected chi connectivity index (χ3v) is 10.2. The summed E-state index contributed by atoms with van der Waals surface area (Å²) in [5.41, 5.74) is 22.7. The SMILES string of the molecule is CC(C)Oc1ccc(-c2nc(-c3cccc4c3CCC4NCCNC(C)OC3CC=C(c4nc(-c5cccc6c5CCC6)no4)C=C3N)no2)cc1N. The molecule has 0 amide bonds. The number of benzene rings is 3. The fourth-order valence-corrected chi connectivity index (χ4v) is 7.65. The van der Waals surface area contributed by atoms with Crippen LogP contribution in [-0.2, 0) is 24.0 Å². The van der Waals surface area contributed by atoms with Crippen molar-refractivity contribution < 1.29 is 18.5 Å². The molecule has 0 spiro atoms. The zero-order valence-electron chi connectivity index (χ0n) is 30.4. The van der Waals surface area contributed by atoms with Crippen LogP contribution in [0.2, 0.25) is 0 Å². The molecule has 3 aromatic carbocycles. The molecule has 274 valence electrons. The first-order chi connectivity index (χ1) is 25.8. The van der Waals surface area contributed by atoms with E-state index in [2.05, 4.69) is 63.4 Å². The Hall–Kier alpha value is -5.30. The first kappa shape index (κ1) is 34.8. The van der Waals surface area contributed by atoms with Gasteiger partial charge in [-0.15, -0.1) is 0 Å². The molecule has 5 aromatic rings. The molecule has 2 aromatic heterocycles. The highest BCUT2D eigenvalue weighted by Crippen LogP contribution is 2.38. The van der Waals surface area contributed by atoms with Crippen molar-refractivity contribution in [2.75, 3.05) is 18.8 Å². The molecular formula is C41H46N8O4. The number of nitrogens with two attached hydrogens (primary N) is 2. The Kier molecular flexibility index (Phi) is 9.82. The number of rotatable bonds is 13. The summed E-state index contributed by atoms with van der Waals surface area (Å²) in [6.45, 7) is 7.45. The van der Waals surface area contributed by atoms with Crippen LogP contribution >= 0.6 is 0 Å². The van der Waals surface area contributed by atoms with E-state index in [0.717, 1.165) is 67.5 Å². The monoisotopic (exact) mass is 714 g/mol. The Bertz CT molecular complexity index is 2170. The number of aryl methyl sites for hydroxylation is 1. The van der Waals surface area contributed by atoms with Gasteiger partial charge in [-0.1, -0.05) is 52.8 Å². The number of allylic oxidation sites excluding steroid dienone is 2. The van der Waals surface area contributed by atoms with Gasteiger partial charge in [-0.2, -0.15) is 9.97 Å². The highest BCUT2D eigenvalue weighted by atomic mass is 16.5. The van der Waals surface area contributed by atoms with Gasteiger partial charge in [0.15, 0.2) is 0 Å². The lowest BCUT2D eigenvalue weighted by Crippen LogP contribution is -2.39. The van der Waals surface area contributed by atoms with E-state index >= 15 is 0 Å². The molecule has 3 unspecified atom stereocenters. The number of hydrogen-bond acceptors (Lipinski definition) is 12. The van der Waals surface area contributed by atoms with E-state index in [1.54, 1.807) is 6.07 Å². The van der Waals surface area contributed by atoms with Gasteiger partial charge in [-0.05, 0) is 106 Å². The first-order valence-corrected chi connectivity index (χ1v) is 18.6. The molecule has 3 aliphatic carbocycles. The van der Waals surface area contributed by atoms with E-state index in [1.165, 1.54) is 22.3 Å². The average molecular weight is 715 g/mol. The van der Waals surface area contributed by atoms with E-state index in [4.69, 9.17) is 40.0 Å². The number of fused-ring (bicyclic) bond motifs is 2. The zero-order valence-corrected chi connectivity index (χ0v) is 30.4. The molecule has 8 rings (SSSR count). The second-order valence-electron chi connectivity index (χ2n) is 14.2. The van der Waals surface area contributed by atoms with Crippen LogP contribution in [0.3, 0.4) is 0 Å². The smallest absolute Gasteiger partial charge is 0.258 e. The number of nitrogens with zero attached hydrogens (tertiary/aromatic N) is 4. The fraction of sp³-hybridized carbons (Fsp3) is 0.366. The van der Waals surface area contributed by atoms with Gasteiger partial charge in [0.25, 0.3) is 11.8 Å². The Morgan fingerprint density at radius 1 is 0.868 bits per heavy atom. The molecule has 12 nitrogen and oxygen atoms in total. The minimum Gasteiger partial charge on any atom is -0.489 e. The molecule has 0 aliphatic heterocycles. The van der Waals surface area contributed by atoms with Gasteiger partial charge < -0.3 is 35.3 Å². The summed E-state index contributed by atoms with van der Waals surface area (Å²) in [5.74, 6) is 2.73. The highest BCUT2D eigenvalue weighted by Gasteiger charge is 2.27. The quantitative estimate of drug-likeness (QED) is 0.0591. The van der Waals surface area contributed by atoms with Crippen molar-refractivity contribution in [3.63, 3.8) is 0 Å². The first-order valence-electron chi connectivity index (χ1n) is 18.6. The van der Waals surface area contributed by atoms with Crippen molar-refractivity contribution >= 4 is 11.3 Å². The van der Waals surface area contributed by atoms with Crippen LogP contribution in [0.1, 0.15) is 74.2 Å². The zero-order chi connectivity index (χ0) is 36.5. The van der Waals surface area contributed by atoms with Crippen LogP contribution in [0.5, 0.6) is 5.75 Å². The Labute approximate surface area is 309 Å². The van der Waals surface area contributed by atoms with Crippen molar-refractivity contribution in [1.82, 2.24) is 30.9 Å². The number of hydrogen-bond donors (Lipinski definition) is 4. The lowest BCUT2D eigenvalue weighted by atomic mass is 10.0. The molecule has 0 fully saturated rings. The molecule has 0 saturated carbocycles. The van der Waals surface area contributed by atoms with Crippen molar-refractivity contribution in [2.45, 2.75) is 83.8 Å². The summed E-state index contributed by atoms with van der Waals surface area (Å²) in [6, 6.07) is 18.4. The Balaban J connectivity index is 0.821. The summed E-state index contributed by atoms with van der Waals surface area (Å²) >= 11 is 0. The lowest BCUT2D eigenvalue weighted by Gasteiger charge is -2.25. The van der Waals surface area contributed by atoms with Crippen LogP contribution < -0.4 is 26.8 Å². The van der Waals surface area contributed by atoms with Crippen molar-refractivity contribution in [3.05, 3.63) is 101 Å². The van der Waals surface area contributed by atoms with Gasteiger partial charge in [0.2, 0.25) is 11.6 Å². The Morgan fingerprint density at radius 3 is 2.43 bits per heavy atom. The van der Waals surface area contributed by atoms with E-state index in [-0.39, 0.29) is 24.5 Å². The van der Waals surface area contributed by atoms with Gasteiger partial charge in [-0.3, -0.25) is 5.32 Å². The number of anilines is 1. The van der Waals surface area contributed by atoms with E-state index in [9.17, 15) is 0 Å². The minimum absolute atomic E-state index is 0.0304. The van der Waals surface area contributed by atoms with Crippen LogP contribution in [0, 0.1) is 0 Å². The van der Waals surface area contributed by atoms with Crippen LogP contribution in [0.15, 0.2) is 81.5 Å². The normalized spacial score (nSPS) is 18.5. The third kappa shape index (κ3) is 7.35. The number of ether oxygens (including phenoxy) is 2. The topological polar surface area (TPSA) is 172 Å². The van der Waals surface area contributed by atoms with Crippen molar-refractivity contribution in [3.8, 4) is 40.0 Å². The maximum absolute atomic E-state index is 6.48. The second kappa shape index (κ2) is 15.0. The molecule has 0 bridgehead atoms. The highest BCUT2D eigenvalue weighted by molar-refractivity contribution is 5.73. The molecule has 3 atom stereocenters. The van der Waals surface area contributed by atoms with Crippen LogP contribution in [0.25, 0.3) is 39.8 Å². The number of nitrogens with one attached hydrogen (secondary N) is 2. The molecule has 6 N–H and O–H groups in total. The van der Waals surface area contributed by atoms with E-state index in [1.807, 2.05) is 39.0 Å². The van der Waals surface area contributed by atoms with Crippen molar-refractivity contribution in [2.24, 2.45) is 5.73 Å². The molecule has 0 saturated heterocycles. The molecule has 3 aliphatic rings. The van der Waals surface area contributed by atoms with E-state index in [0.29, 0.717) is 47.0 Å². The largest absolute Gasteiger partial charge is 0.489 e. The van der Waals surface area contributed by atoms with Crippen LogP contribution in [-0.4, -0.2) is 51.8 Å². The number of nitrogen functional groups attached to an aromatic ring is 1. The standard InChI is InChI=1S/C41H46N8O4/c1-23(2)50-36-17-13-26(21-33(36)42)41-47-39(49-53-41)32-12-6-10-30-29(32)15-16-35(30)45-20-19-44-24(3)51-37-18-14-27(22-34(37)43)40-46-38(48-52-40)31-11-5-8-25-7-4-9-28(25)31/h5-6,8,10-14,17,21-24,35,37,44-45H,4,7,9,15-16,18-20,42-43H2,1-3H3. The average Bonchev–Trinajstić information content (AvgIpc) is 3.98. The maximum Gasteiger partial charge on any atom is 0.258 e. The fourth-order valence-electron chi connectivity index (χ4n) is 7.65.